The van der Waals surface area contributed by atoms with Crippen molar-refractivity contribution < 1.29 is 17.9 Å². The second-order valence-electron chi connectivity index (χ2n) is 4.04. The van der Waals surface area contributed by atoms with Gasteiger partial charge in [-0.1, -0.05) is 11.6 Å². The molecule has 1 atom stereocenters. The Morgan fingerprint density at radius 3 is 2.67 bits per heavy atom. The third-order valence-electron chi connectivity index (χ3n) is 2.44. The summed E-state index contributed by atoms with van der Waals surface area (Å²) in [6, 6.07) is 3.18. The summed E-state index contributed by atoms with van der Waals surface area (Å²) < 4.78 is 38.3. The van der Waals surface area contributed by atoms with Crippen LogP contribution < -0.4 is 0 Å². The van der Waals surface area contributed by atoms with Crippen LogP contribution in [0.3, 0.4) is 0 Å². The Morgan fingerprint density at radius 1 is 1.50 bits per heavy atom. The van der Waals surface area contributed by atoms with Gasteiger partial charge < -0.3 is 5.11 Å². The SMILES string of the molecule is CC(O)CCN(C)S(=O)(=O)c1cc(F)ccc1Cl. The fraction of sp³-hybridized carbons (Fsp3) is 0.455. The van der Waals surface area contributed by atoms with Crippen molar-refractivity contribution in [1.29, 1.82) is 0 Å². The number of aliphatic hydroxyl groups excluding tert-OH is 1. The van der Waals surface area contributed by atoms with Crippen molar-refractivity contribution in [2.24, 2.45) is 0 Å². The van der Waals surface area contributed by atoms with Gasteiger partial charge in [0.1, 0.15) is 10.7 Å². The molecule has 102 valence electrons. The van der Waals surface area contributed by atoms with E-state index >= 15 is 0 Å². The third-order valence-corrected chi connectivity index (χ3v) is 4.78. The van der Waals surface area contributed by atoms with Gasteiger partial charge in [-0.2, -0.15) is 0 Å². The fourth-order valence-electron chi connectivity index (χ4n) is 1.33. The molecule has 0 spiro atoms. The van der Waals surface area contributed by atoms with Crippen molar-refractivity contribution in [3.05, 3.63) is 29.0 Å². The van der Waals surface area contributed by atoms with Crippen LogP contribution in [0.15, 0.2) is 23.1 Å². The van der Waals surface area contributed by atoms with E-state index in [9.17, 15) is 12.8 Å². The van der Waals surface area contributed by atoms with Crippen LogP contribution in [0.5, 0.6) is 0 Å². The van der Waals surface area contributed by atoms with Crippen LogP contribution in [0.1, 0.15) is 13.3 Å². The molecular weight excluding hydrogens is 281 g/mol. The van der Waals surface area contributed by atoms with Crippen LogP contribution in [0.25, 0.3) is 0 Å². The first-order chi connectivity index (χ1) is 8.25. The highest BCUT2D eigenvalue weighted by atomic mass is 35.5. The Labute approximate surface area is 111 Å². The maximum absolute atomic E-state index is 13.1. The van der Waals surface area contributed by atoms with Gasteiger partial charge in [-0.15, -0.1) is 0 Å². The van der Waals surface area contributed by atoms with E-state index in [0.29, 0.717) is 6.42 Å². The molecule has 0 aliphatic rings. The minimum atomic E-state index is -3.84. The normalized spacial score (nSPS) is 13.9. The molecule has 7 heteroatoms. The van der Waals surface area contributed by atoms with Crippen molar-refractivity contribution in [1.82, 2.24) is 4.31 Å². The number of halogens is 2. The number of benzene rings is 1. The maximum Gasteiger partial charge on any atom is 0.244 e. The van der Waals surface area contributed by atoms with Crippen molar-refractivity contribution >= 4 is 21.6 Å². The number of nitrogens with zero attached hydrogens (tertiary/aromatic N) is 1. The molecule has 18 heavy (non-hydrogen) atoms. The van der Waals surface area contributed by atoms with E-state index in [1.54, 1.807) is 6.92 Å². The molecular formula is C11H15ClFNO3S. The molecule has 0 aliphatic carbocycles. The standard InChI is InChI=1S/C11H15ClFNO3S/c1-8(15)5-6-14(2)18(16,17)11-7-9(13)3-4-10(11)12/h3-4,7-8,15H,5-6H2,1-2H3. The summed E-state index contributed by atoms with van der Waals surface area (Å²) in [7, 11) is -2.48. The number of hydrogen-bond acceptors (Lipinski definition) is 3. The third kappa shape index (κ3) is 3.65. The highest BCUT2D eigenvalue weighted by Crippen LogP contribution is 2.24. The molecule has 0 aliphatic heterocycles. The lowest BCUT2D eigenvalue weighted by Crippen LogP contribution is -2.29. The number of sulfonamides is 1. The fourth-order valence-corrected chi connectivity index (χ4v) is 3.00. The molecule has 1 aromatic carbocycles. The van der Waals surface area contributed by atoms with Crippen LogP contribution in [-0.2, 0) is 10.0 Å². The first-order valence-corrected chi connectivity index (χ1v) is 7.16. The number of aliphatic hydroxyl groups is 1. The first-order valence-electron chi connectivity index (χ1n) is 5.34. The number of hydrogen-bond donors (Lipinski definition) is 1. The Morgan fingerprint density at radius 2 is 2.11 bits per heavy atom. The van der Waals surface area contributed by atoms with Crippen LogP contribution in [-0.4, -0.2) is 37.5 Å². The van der Waals surface area contributed by atoms with E-state index in [-0.39, 0.29) is 16.5 Å². The molecule has 0 bridgehead atoms. The molecule has 1 rings (SSSR count). The highest BCUT2D eigenvalue weighted by Gasteiger charge is 2.24. The predicted molar refractivity (Wildman–Crippen MR) is 67.5 cm³/mol. The van der Waals surface area contributed by atoms with Gasteiger partial charge >= 0.3 is 0 Å². The Kier molecular flexibility index (Phi) is 5.10. The van der Waals surface area contributed by atoms with Gasteiger partial charge in [0.25, 0.3) is 0 Å². The maximum atomic E-state index is 13.1. The van der Waals surface area contributed by atoms with Gasteiger partial charge in [0.2, 0.25) is 10.0 Å². The zero-order chi connectivity index (χ0) is 13.9. The van der Waals surface area contributed by atoms with Crippen molar-refractivity contribution in [3.63, 3.8) is 0 Å². The van der Waals surface area contributed by atoms with E-state index in [1.165, 1.54) is 13.1 Å². The van der Waals surface area contributed by atoms with Gasteiger partial charge in [-0.3, -0.25) is 0 Å². The molecule has 4 nitrogen and oxygen atoms in total. The lowest BCUT2D eigenvalue weighted by molar-refractivity contribution is 0.177. The van der Waals surface area contributed by atoms with Gasteiger partial charge in [0.15, 0.2) is 0 Å². The molecule has 0 fully saturated rings. The Bertz CT molecular complexity index is 519. The summed E-state index contributed by atoms with van der Waals surface area (Å²) in [5, 5.41) is 9.10. The second kappa shape index (κ2) is 5.97. The molecule has 1 aromatic rings. The van der Waals surface area contributed by atoms with E-state index in [1.807, 2.05) is 0 Å². The van der Waals surface area contributed by atoms with Crippen molar-refractivity contribution in [2.75, 3.05) is 13.6 Å². The average Bonchev–Trinajstić information content (AvgIpc) is 2.28. The molecule has 0 amide bonds. The minimum absolute atomic E-state index is 0.0275. The summed E-state index contributed by atoms with van der Waals surface area (Å²) in [5.41, 5.74) is 0. The molecule has 0 saturated carbocycles. The van der Waals surface area contributed by atoms with Gasteiger partial charge in [0, 0.05) is 13.6 Å². The summed E-state index contributed by atoms with van der Waals surface area (Å²) in [5.74, 6) is -0.665. The molecule has 1 N–H and O–H groups in total. The summed E-state index contributed by atoms with van der Waals surface area (Å²) in [4.78, 5) is -0.266. The van der Waals surface area contributed by atoms with Crippen LogP contribution in [0.4, 0.5) is 4.39 Å². The van der Waals surface area contributed by atoms with E-state index in [4.69, 9.17) is 16.7 Å². The highest BCUT2D eigenvalue weighted by molar-refractivity contribution is 7.89. The van der Waals surface area contributed by atoms with Gasteiger partial charge in [-0.25, -0.2) is 17.1 Å². The molecule has 0 radical (unpaired) electrons. The van der Waals surface area contributed by atoms with E-state index < -0.39 is 21.9 Å². The number of rotatable bonds is 5. The lowest BCUT2D eigenvalue weighted by Gasteiger charge is -2.18. The van der Waals surface area contributed by atoms with Crippen LogP contribution in [0.2, 0.25) is 5.02 Å². The van der Waals surface area contributed by atoms with Crippen molar-refractivity contribution in [3.8, 4) is 0 Å². The topological polar surface area (TPSA) is 57.6 Å². The van der Waals surface area contributed by atoms with E-state index in [2.05, 4.69) is 0 Å². The van der Waals surface area contributed by atoms with Crippen molar-refractivity contribution in [2.45, 2.75) is 24.3 Å². The quantitative estimate of drug-likeness (QED) is 0.902. The summed E-state index contributed by atoms with van der Waals surface area (Å²) >= 11 is 5.77. The first kappa shape index (κ1) is 15.4. The molecule has 0 heterocycles. The van der Waals surface area contributed by atoms with E-state index in [0.717, 1.165) is 16.4 Å². The zero-order valence-corrected chi connectivity index (χ0v) is 11.7. The molecule has 0 saturated heterocycles. The van der Waals surface area contributed by atoms with Crippen LogP contribution in [0, 0.1) is 5.82 Å². The minimum Gasteiger partial charge on any atom is -0.393 e. The summed E-state index contributed by atoms with van der Waals surface area (Å²) in [6.45, 7) is 1.70. The van der Waals surface area contributed by atoms with Crippen LogP contribution >= 0.6 is 11.6 Å². The zero-order valence-electron chi connectivity index (χ0n) is 10.1. The largest absolute Gasteiger partial charge is 0.393 e. The lowest BCUT2D eigenvalue weighted by atomic mass is 10.3. The Hall–Kier alpha value is -0.690. The van der Waals surface area contributed by atoms with Gasteiger partial charge in [-0.05, 0) is 31.5 Å². The van der Waals surface area contributed by atoms with Gasteiger partial charge in [0.05, 0.1) is 11.1 Å². The smallest absolute Gasteiger partial charge is 0.244 e. The second-order valence-corrected chi connectivity index (χ2v) is 6.46. The monoisotopic (exact) mass is 295 g/mol. The summed E-state index contributed by atoms with van der Waals surface area (Å²) in [6.07, 6.45) is -0.312. The predicted octanol–water partition coefficient (Wildman–Crippen LogP) is 1.87. The molecule has 1 unspecified atom stereocenters. The molecule has 0 aromatic heterocycles. The average molecular weight is 296 g/mol. The Balaban J connectivity index is 3.02.